The standard InChI is InChI=1S/C18H18N2O2/c1-12-13(2)20(15-5-4-6-17(11-15)22-3)18(19-12)14-7-9-16(21)10-8-14/h4-11,21H,1-3H3. The number of methoxy groups -OCH3 is 1. The van der Waals surface area contributed by atoms with Gasteiger partial charge >= 0.3 is 0 Å². The predicted molar refractivity (Wildman–Crippen MR) is 86.7 cm³/mol. The zero-order valence-corrected chi connectivity index (χ0v) is 12.9. The molecule has 0 saturated heterocycles. The van der Waals surface area contributed by atoms with Crippen molar-refractivity contribution in [3.05, 3.63) is 59.9 Å². The molecule has 0 spiro atoms. The maximum Gasteiger partial charge on any atom is 0.145 e. The van der Waals surface area contributed by atoms with Crippen molar-refractivity contribution in [2.45, 2.75) is 13.8 Å². The summed E-state index contributed by atoms with van der Waals surface area (Å²) in [4.78, 5) is 4.68. The number of rotatable bonds is 3. The van der Waals surface area contributed by atoms with E-state index in [0.29, 0.717) is 0 Å². The van der Waals surface area contributed by atoms with Gasteiger partial charge in [0.05, 0.1) is 18.5 Å². The molecule has 2 aromatic carbocycles. The Kier molecular flexibility index (Phi) is 3.59. The molecule has 1 aromatic heterocycles. The van der Waals surface area contributed by atoms with E-state index in [1.54, 1.807) is 19.2 Å². The number of aromatic nitrogens is 2. The van der Waals surface area contributed by atoms with Crippen LogP contribution >= 0.6 is 0 Å². The molecule has 1 N–H and O–H groups in total. The maximum atomic E-state index is 9.47. The fourth-order valence-electron chi connectivity index (χ4n) is 2.48. The van der Waals surface area contributed by atoms with Crippen LogP contribution in [0, 0.1) is 13.8 Å². The van der Waals surface area contributed by atoms with Crippen molar-refractivity contribution in [3.63, 3.8) is 0 Å². The van der Waals surface area contributed by atoms with Crippen LogP contribution in [-0.2, 0) is 0 Å². The normalized spacial score (nSPS) is 10.7. The van der Waals surface area contributed by atoms with Crippen molar-refractivity contribution < 1.29 is 9.84 Å². The molecule has 4 nitrogen and oxygen atoms in total. The van der Waals surface area contributed by atoms with Crippen LogP contribution in [0.3, 0.4) is 0 Å². The van der Waals surface area contributed by atoms with Gasteiger partial charge < -0.3 is 9.84 Å². The zero-order chi connectivity index (χ0) is 15.7. The van der Waals surface area contributed by atoms with E-state index in [4.69, 9.17) is 4.74 Å². The molecular weight excluding hydrogens is 276 g/mol. The van der Waals surface area contributed by atoms with E-state index in [2.05, 4.69) is 9.55 Å². The quantitative estimate of drug-likeness (QED) is 0.797. The number of hydrogen-bond acceptors (Lipinski definition) is 3. The van der Waals surface area contributed by atoms with E-state index < -0.39 is 0 Å². The van der Waals surface area contributed by atoms with Crippen LogP contribution in [0.5, 0.6) is 11.5 Å². The van der Waals surface area contributed by atoms with Gasteiger partial charge in [-0.1, -0.05) is 6.07 Å². The second kappa shape index (κ2) is 5.56. The Morgan fingerprint density at radius 1 is 1.05 bits per heavy atom. The molecule has 3 aromatic rings. The number of phenols is 1. The molecule has 112 valence electrons. The Bertz CT molecular complexity index is 804. The number of phenolic OH excluding ortho intramolecular Hbond substituents is 1. The molecule has 0 fully saturated rings. The van der Waals surface area contributed by atoms with Gasteiger partial charge in [-0.2, -0.15) is 0 Å². The molecule has 0 bridgehead atoms. The van der Waals surface area contributed by atoms with Gasteiger partial charge in [-0.25, -0.2) is 4.98 Å². The summed E-state index contributed by atoms with van der Waals surface area (Å²) < 4.78 is 7.42. The van der Waals surface area contributed by atoms with Crippen LogP contribution in [-0.4, -0.2) is 21.8 Å². The Morgan fingerprint density at radius 3 is 2.45 bits per heavy atom. The van der Waals surface area contributed by atoms with Crippen molar-refractivity contribution in [1.29, 1.82) is 0 Å². The fourth-order valence-corrected chi connectivity index (χ4v) is 2.48. The molecule has 0 saturated carbocycles. The third-order valence-electron chi connectivity index (χ3n) is 3.78. The number of hydrogen-bond donors (Lipinski definition) is 1. The van der Waals surface area contributed by atoms with Gasteiger partial charge in [0.25, 0.3) is 0 Å². The summed E-state index contributed by atoms with van der Waals surface area (Å²) in [6, 6.07) is 15.0. The number of ether oxygens (including phenoxy) is 1. The SMILES string of the molecule is COc1cccc(-n2c(-c3ccc(O)cc3)nc(C)c2C)c1. The monoisotopic (exact) mass is 294 g/mol. The molecule has 0 radical (unpaired) electrons. The van der Waals surface area contributed by atoms with E-state index in [1.807, 2.05) is 50.2 Å². The van der Waals surface area contributed by atoms with E-state index in [0.717, 1.165) is 34.2 Å². The van der Waals surface area contributed by atoms with Crippen LogP contribution in [0.1, 0.15) is 11.4 Å². The van der Waals surface area contributed by atoms with Gasteiger partial charge in [0, 0.05) is 17.3 Å². The average molecular weight is 294 g/mol. The predicted octanol–water partition coefficient (Wildman–Crippen LogP) is 3.87. The van der Waals surface area contributed by atoms with Gasteiger partial charge in [0.2, 0.25) is 0 Å². The third kappa shape index (κ3) is 2.44. The molecule has 0 aliphatic rings. The average Bonchev–Trinajstić information content (AvgIpc) is 2.83. The summed E-state index contributed by atoms with van der Waals surface area (Å²) in [7, 11) is 1.66. The number of benzene rings is 2. The van der Waals surface area contributed by atoms with E-state index in [1.165, 1.54) is 0 Å². The first-order valence-electron chi connectivity index (χ1n) is 7.10. The highest BCUT2D eigenvalue weighted by atomic mass is 16.5. The first kappa shape index (κ1) is 14.2. The lowest BCUT2D eigenvalue weighted by Gasteiger charge is -2.12. The Balaban J connectivity index is 2.20. The van der Waals surface area contributed by atoms with Crippen LogP contribution < -0.4 is 4.74 Å². The largest absolute Gasteiger partial charge is 0.508 e. The smallest absolute Gasteiger partial charge is 0.145 e. The number of imidazole rings is 1. The molecule has 0 aliphatic heterocycles. The Hall–Kier alpha value is -2.75. The minimum absolute atomic E-state index is 0.247. The second-order valence-corrected chi connectivity index (χ2v) is 5.19. The lowest BCUT2D eigenvalue weighted by Crippen LogP contribution is -2.00. The van der Waals surface area contributed by atoms with Gasteiger partial charge in [-0.3, -0.25) is 4.57 Å². The lowest BCUT2D eigenvalue weighted by molar-refractivity contribution is 0.414. The molecule has 3 rings (SSSR count). The minimum Gasteiger partial charge on any atom is -0.508 e. The summed E-state index contributed by atoms with van der Waals surface area (Å²) >= 11 is 0. The Labute approximate surface area is 129 Å². The van der Waals surface area contributed by atoms with Crippen molar-refractivity contribution in [3.8, 4) is 28.6 Å². The second-order valence-electron chi connectivity index (χ2n) is 5.19. The van der Waals surface area contributed by atoms with Crippen molar-refractivity contribution in [2.24, 2.45) is 0 Å². The van der Waals surface area contributed by atoms with Gasteiger partial charge in [0.1, 0.15) is 17.3 Å². The summed E-state index contributed by atoms with van der Waals surface area (Å²) in [5.41, 5.74) is 4.01. The van der Waals surface area contributed by atoms with Gasteiger partial charge in [0.15, 0.2) is 0 Å². The number of aryl methyl sites for hydroxylation is 1. The lowest BCUT2D eigenvalue weighted by atomic mass is 10.2. The highest BCUT2D eigenvalue weighted by Crippen LogP contribution is 2.28. The van der Waals surface area contributed by atoms with Crippen molar-refractivity contribution in [2.75, 3.05) is 7.11 Å². The van der Waals surface area contributed by atoms with E-state index in [9.17, 15) is 5.11 Å². The maximum absolute atomic E-state index is 9.47. The van der Waals surface area contributed by atoms with Gasteiger partial charge in [-0.05, 0) is 50.2 Å². The first-order valence-corrected chi connectivity index (χ1v) is 7.10. The zero-order valence-electron chi connectivity index (χ0n) is 12.9. The molecule has 22 heavy (non-hydrogen) atoms. The third-order valence-corrected chi connectivity index (χ3v) is 3.78. The highest BCUT2D eigenvalue weighted by Gasteiger charge is 2.15. The molecule has 0 aliphatic carbocycles. The Morgan fingerprint density at radius 2 is 1.77 bits per heavy atom. The molecule has 0 amide bonds. The molecule has 1 heterocycles. The molecular formula is C18H18N2O2. The summed E-state index contributed by atoms with van der Waals surface area (Å²) in [5.74, 6) is 1.90. The number of nitrogens with zero attached hydrogens (tertiary/aromatic N) is 2. The van der Waals surface area contributed by atoms with Crippen LogP contribution in [0.15, 0.2) is 48.5 Å². The molecule has 0 atom stereocenters. The summed E-state index contributed by atoms with van der Waals surface area (Å²) in [6.45, 7) is 4.04. The topological polar surface area (TPSA) is 47.3 Å². The van der Waals surface area contributed by atoms with Crippen LogP contribution in [0.25, 0.3) is 17.1 Å². The number of aromatic hydroxyl groups is 1. The molecule has 0 unspecified atom stereocenters. The molecule has 4 heteroatoms. The highest BCUT2D eigenvalue weighted by molar-refractivity contribution is 5.62. The minimum atomic E-state index is 0.247. The van der Waals surface area contributed by atoms with Crippen molar-refractivity contribution in [1.82, 2.24) is 9.55 Å². The van der Waals surface area contributed by atoms with E-state index in [-0.39, 0.29) is 5.75 Å². The van der Waals surface area contributed by atoms with E-state index >= 15 is 0 Å². The van der Waals surface area contributed by atoms with Gasteiger partial charge in [-0.15, -0.1) is 0 Å². The summed E-state index contributed by atoms with van der Waals surface area (Å²) in [5, 5.41) is 9.47. The fraction of sp³-hybridized carbons (Fsp3) is 0.167. The van der Waals surface area contributed by atoms with Crippen LogP contribution in [0.2, 0.25) is 0 Å². The van der Waals surface area contributed by atoms with Crippen molar-refractivity contribution >= 4 is 0 Å². The first-order chi connectivity index (χ1) is 10.6. The van der Waals surface area contributed by atoms with Crippen LogP contribution in [0.4, 0.5) is 0 Å². The summed E-state index contributed by atoms with van der Waals surface area (Å²) in [6.07, 6.45) is 0.